The number of carbonyl (C=O) groups is 2. The first kappa shape index (κ1) is 15.6. The molecule has 0 aliphatic carbocycles. The summed E-state index contributed by atoms with van der Waals surface area (Å²) in [5.41, 5.74) is 1.02. The van der Waals surface area contributed by atoms with E-state index in [0.29, 0.717) is 13.1 Å². The van der Waals surface area contributed by atoms with Crippen molar-refractivity contribution in [3.63, 3.8) is 0 Å². The second-order valence-corrected chi connectivity index (χ2v) is 5.19. The highest BCUT2D eigenvalue weighted by molar-refractivity contribution is 7.09. The van der Waals surface area contributed by atoms with Gasteiger partial charge in [0.2, 0.25) is 5.91 Å². The lowest BCUT2D eigenvalue weighted by Crippen LogP contribution is -2.48. The van der Waals surface area contributed by atoms with Crippen molar-refractivity contribution in [2.24, 2.45) is 0 Å². The zero-order valence-electron chi connectivity index (χ0n) is 11.4. The average Bonchev–Trinajstić information content (AvgIpc) is 2.75. The molecule has 0 radical (unpaired) electrons. The monoisotopic (exact) mass is 284 g/mol. The molecule has 7 heteroatoms. The molecule has 0 aromatic carbocycles. The van der Waals surface area contributed by atoms with Gasteiger partial charge in [-0.2, -0.15) is 0 Å². The first-order chi connectivity index (χ1) is 9.02. The molecular weight excluding hydrogens is 264 g/mol. The molecule has 106 valence electrons. The Morgan fingerprint density at radius 2 is 2.21 bits per heavy atom. The van der Waals surface area contributed by atoms with Crippen molar-refractivity contribution in [1.29, 1.82) is 0 Å². The van der Waals surface area contributed by atoms with Crippen molar-refractivity contribution in [2.75, 3.05) is 13.1 Å². The minimum Gasteiger partial charge on any atom is -0.338 e. The van der Waals surface area contributed by atoms with Gasteiger partial charge in [0.15, 0.2) is 0 Å². The molecular formula is C12H20N4O2S. The Kier molecular flexibility index (Phi) is 6.44. The van der Waals surface area contributed by atoms with Crippen LogP contribution in [0.25, 0.3) is 0 Å². The number of thiazole rings is 1. The summed E-state index contributed by atoms with van der Waals surface area (Å²) in [5.74, 6) is -0.333. The summed E-state index contributed by atoms with van der Waals surface area (Å²) in [5, 5.41) is 10.9. The third-order valence-electron chi connectivity index (χ3n) is 2.47. The standard InChI is InChI=1S/C12H20N4O2S/c1-4-13-12(18)16-11(17)8(2)14-6-5-10-7-19-9(3)15-10/h7-8,14H,4-6H2,1-3H3,(H2,13,16,17,18). The zero-order chi connectivity index (χ0) is 14.3. The molecule has 0 spiro atoms. The highest BCUT2D eigenvalue weighted by Crippen LogP contribution is 2.07. The van der Waals surface area contributed by atoms with Gasteiger partial charge < -0.3 is 10.6 Å². The van der Waals surface area contributed by atoms with Gasteiger partial charge in [0.25, 0.3) is 0 Å². The van der Waals surface area contributed by atoms with Gasteiger partial charge in [-0.3, -0.25) is 10.1 Å². The molecule has 0 saturated heterocycles. The van der Waals surface area contributed by atoms with Crippen LogP contribution in [-0.2, 0) is 11.2 Å². The van der Waals surface area contributed by atoms with E-state index in [0.717, 1.165) is 17.1 Å². The van der Waals surface area contributed by atoms with Gasteiger partial charge in [-0.25, -0.2) is 9.78 Å². The van der Waals surface area contributed by atoms with E-state index in [9.17, 15) is 9.59 Å². The second-order valence-electron chi connectivity index (χ2n) is 4.13. The fourth-order valence-electron chi connectivity index (χ4n) is 1.46. The van der Waals surface area contributed by atoms with Crippen LogP contribution in [0, 0.1) is 6.92 Å². The molecule has 1 rings (SSSR count). The number of aryl methyl sites for hydroxylation is 1. The van der Waals surface area contributed by atoms with Gasteiger partial charge in [0.1, 0.15) is 0 Å². The summed E-state index contributed by atoms with van der Waals surface area (Å²) in [6.07, 6.45) is 0.767. The summed E-state index contributed by atoms with van der Waals surface area (Å²) in [7, 11) is 0. The van der Waals surface area contributed by atoms with Crippen molar-refractivity contribution in [3.05, 3.63) is 16.1 Å². The lowest BCUT2D eigenvalue weighted by Gasteiger charge is -2.13. The molecule has 0 aliphatic heterocycles. The van der Waals surface area contributed by atoms with Crippen molar-refractivity contribution < 1.29 is 9.59 Å². The number of imide groups is 1. The number of nitrogens with zero attached hydrogens (tertiary/aromatic N) is 1. The highest BCUT2D eigenvalue weighted by atomic mass is 32.1. The lowest BCUT2D eigenvalue weighted by atomic mass is 10.3. The zero-order valence-corrected chi connectivity index (χ0v) is 12.3. The Morgan fingerprint density at radius 1 is 1.47 bits per heavy atom. The van der Waals surface area contributed by atoms with Gasteiger partial charge in [0.05, 0.1) is 16.7 Å². The first-order valence-electron chi connectivity index (χ1n) is 6.26. The number of rotatable bonds is 6. The highest BCUT2D eigenvalue weighted by Gasteiger charge is 2.14. The number of urea groups is 1. The van der Waals surface area contributed by atoms with E-state index in [1.807, 2.05) is 12.3 Å². The molecule has 0 saturated carbocycles. The summed E-state index contributed by atoms with van der Waals surface area (Å²) >= 11 is 1.61. The van der Waals surface area contributed by atoms with Gasteiger partial charge in [-0.15, -0.1) is 11.3 Å². The first-order valence-corrected chi connectivity index (χ1v) is 7.14. The van der Waals surface area contributed by atoms with Crippen molar-refractivity contribution >= 4 is 23.3 Å². The molecule has 19 heavy (non-hydrogen) atoms. The molecule has 1 aromatic rings. The predicted molar refractivity (Wildman–Crippen MR) is 75.2 cm³/mol. The normalized spacial score (nSPS) is 11.9. The Labute approximate surface area is 117 Å². The van der Waals surface area contributed by atoms with Gasteiger partial charge in [-0.1, -0.05) is 0 Å². The molecule has 3 N–H and O–H groups in total. The maximum absolute atomic E-state index is 11.6. The van der Waals surface area contributed by atoms with E-state index in [4.69, 9.17) is 0 Å². The Balaban J connectivity index is 2.24. The Hall–Kier alpha value is -1.47. The van der Waals surface area contributed by atoms with E-state index < -0.39 is 12.1 Å². The van der Waals surface area contributed by atoms with Gasteiger partial charge in [-0.05, 0) is 20.8 Å². The van der Waals surface area contributed by atoms with E-state index in [2.05, 4.69) is 20.9 Å². The minimum absolute atomic E-state index is 0.333. The predicted octanol–water partition coefficient (Wildman–Crippen LogP) is 0.818. The second kappa shape index (κ2) is 7.85. The molecule has 0 bridgehead atoms. The maximum Gasteiger partial charge on any atom is 0.321 e. The third kappa shape index (κ3) is 5.80. The molecule has 1 heterocycles. The number of amides is 3. The van der Waals surface area contributed by atoms with E-state index in [1.165, 1.54) is 0 Å². The summed E-state index contributed by atoms with van der Waals surface area (Å²) in [4.78, 5) is 27.1. The fourth-order valence-corrected chi connectivity index (χ4v) is 2.10. The van der Waals surface area contributed by atoms with E-state index in [-0.39, 0.29) is 5.91 Å². The van der Waals surface area contributed by atoms with Crippen LogP contribution >= 0.6 is 11.3 Å². The smallest absolute Gasteiger partial charge is 0.321 e. The molecule has 1 aromatic heterocycles. The average molecular weight is 284 g/mol. The SMILES string of the molecule is CCNC(=O)NC(=O)C(C)NCCc1csc(C)n1. The van der Waals surface area contributed by atoms with Crippen LogP contribution < -0.4 is 16.0 Å². The van der Waals surface area contributed by atoms with Crippen molar-refractivity contribution in [3.8, 4) is 0 Å². The Bertz CT molecular complexity index is 433. The van der Waals surface area contributed by atoms with Crippen LogP contribution in [0.2, 0.25) is 0 Å². The van der Waals surface area contributed by atoms with Crippen LogP contribution in [0.5, 0.6) is 0 Å². The summed E-state index contributed by atoms with van der Waals surface area (Å²) in [6.45, 7) is 6.61. The minimum atomic E-state index is -0.462. The topological polar surface area (TPSA) is 83.1 Å². The van der Waals surface area contributed by atoms with Crippen LogP contribution in [0.3, 0.4) is 0 Å². The van der Waals surface area contributed by atoms with Crippen molar-refractivity contribution in [1.82, 2.24) is 20.9 Å². The summed E-state index contributed by atoms with van der Waals surface area (Å²) in [6, 6.07) is -0.876. The van der Waals surface area contributed by atoms with Crippen LogP contribution in [0.15, 0.2) is 5.38 Å². The van der Waals surface area contributed by atoms with Crippen LogP contribution in [-0.4, -0.2) is 36.1 Å². The summed E-state index contributed by atoms with van der Waals surface area (Å²) < 4.78 is 0. The van der Waals surface area contributed by atoms with Crippen LogP contribution in [0.1, 0.15) is 24.5 Å². The maximum atomic E-state index is 11.6. The lowest BCUT2D eigenvalue weighted by molar-refractivity contribution is -0.121. The van der Waals surface area contributed by atoms with Gasteiger partial charge >= 0.3 is 6.03 Å². The largest absolute Gasteiger partial charge is 0.338 e. The number of hydrogen-bond donors (Lipinski definition) is 3. The quantitative estimate of drug-likeness (QED) is 0.722. The molecule has 0 fully saturated rings. The Morgan fingerprint density at radius 3 is 2.79 bits per heavy atom. The van der Waals surface area contributed by atoms with Gasteiger partial charge in [0, 0.05) is 24.9 Å². The molecule has 1 atom stereocenters. The fraction of sp³-hybridized carbons (Fsp3) is 0.583. The van der Waals surface area contributed by atoms with E-state index >= 15 is 0 Å². The van der Waals surface area contributed by atoms with E-state index in [1.54, 1.807) is 25.2 Å². The van der Waals surface area contributed by atoms with Crippen LogP contribution in [0.4, 0.5) is 4.79 Å². The third-order valence-corrected chi connectivity index (χ3v) is 3.29. The molecule has 3 amide bonds. The molecule has 0 aliphatic rings. The number of hydrogen-bond acceptors (Lipinski definition) is 5. The number of nitrogens with one attached hydrogen (secondary N) is 3. The molecule has 6 nitrogen and oxygen atoms in total. The number of aromatic nitrogens is 1. The molecule has 1 unspecified atom stereocenters. The van der Waals surface area contributed by atoms with Crippen molar-refractivity contribution in [2.45, 2.75) is 33.2 Å². The number of carbonyl (C=O) groups excluding carboxylic acids is 2.